The summed E-state index contributed by atoms with van der Waals surface area (Å²) in [5.74, 6) is 0. The molecule has 0 spiro atoms. The molecule has 0 aliphatic carbocycles. The Morgan fingerprint density at radius 1 is 1.13 bits per heavy atom. The molecule has 0 amide bonds. The van der Waals surface area contributed by atoms with E-state index in [0.29, 0.717) is 5.41 Å². The standard InChI is InChI=1S/C13H27NO/c1-3-4-5-6-7-13(12-14-2)8-10-15-11-9-13/h14H,3-12H2,1-2H3. The van der Waals surface area contributed by atoms with Crippen molar-refractivity contribution in [1.82, 2.24) is 5.32 Å². The Morgan fingerprint density at radius 3 is 2.47 bits per heavy atom. The van der Waals surface area contributed by atoms with Crippen LogP contribution >= 0.6 is 0 Å². The van der Waals surface area contributed by atoms with Crippen LogP contribution in [0.1, 0.15) is 51.9 Å². The van der Waals surface area contributed by atoms with Crippen molar-refractivity contribution in [2.45, 2.75) is 51.9 Å². The maximum atomic E-state index is 5.47. The van der Waals surface area contributed by atoms with Crippen LogP contribution in [-0.4, -0.2) is 26.8 Å². The number of hydrogen-bond acceptors (Lipinski definition) is 2. The highest BCUT2D eigenvalue weighted by atomic mass is 16.5. The second kappa shape index (κ2) is 7.24. The SMILES string of the molecule is CCCCCCC1(CNC)CCOCC1. The second-order valence-electron chi connectivity index (χ2n) is 4.95. The largest absolute Gasteiger partial charge is 0.381 e. The molecule has 1 rings (SSSR count). The van der Waals surface area contributed by atoms with Crippen molar-refractivity contribution in [3.8, 4) is 0 Å². The van der Waals surface area contributed by atoms with Crippen molar-refractivity contribution in [3.05, 3.63) is 0 Å². The zero-order valence-electron chi connectivity index (χ0n) is 10.5. The van der Waals surface area contributed by atoms with Crippen LogP contribution in [0.2, 0.25) is 0 Å². The van der Waals surface area contributed by atoms with E-state index in [9.17, 15) is 0 Å². The average molecular weight is 213 g/mol. The molecule has 1 saturated heterocycles. The maximum absolute atomic E-state index is 5.47. The van der Waals surface area contributed by atoms with E-state index >= 15 is 0 Å². The van der Waals surface area contributed by atoms with E-state index in [-0.39, 0.29) is 0 Å². The van der Waals surface area contributed by atoms with E-state index in [1.165, 1.54) is 51.5 Å². The first-order chi connectivity index (χ1) is 7.33. The fraction of sp³-hybridized carbons (Fsp3) is 1.00. The van der Waals surface area contributed by atoms with E-state index in [1.807, 2.05) is 0 Å². The Bertz CT molecular complexity index is 147. The Kier molecular flexibility index (Phi) is 6.26. The Balaban J connectivity index is 2.28. The molecule has 1 N–H and O–H groups in total. The summed E-state index contributed by atoms with van der Waals surface area (Å²) in [4.78, 5) is 0. The van der Waals surface area contributed by atoms with Gasteiger partial charge in [0, 0.05) is 19.8 Å². The molecule has 0 unspecified atom stereocenters. The third-order valence-electron chi connectivity index (χ3n) is 3.67. The number of unbranched alkanes of at least 4 members (excludes halogenated alkanes) is 3. The van der Waals surface area contributed by atoms with Crippen LogP contribution in [0.25, 0.3) is 0 Å². The van der Waals surface area contributed by atoms with Gasteiger partial charge in [-0.05, 0) is 31.7 Å². The van der Waals surface area contributed by atoms with Crippen molar-refractivity contribution < 1.29 is 4.74 Å². The smallest absolute Gasteiger partial charge is 0.0471 e. The van der Waals surface area contributed by atoms with Gasteiger partial charge in [0.15, 0.2) is 0 Å². The van der Waals surface area contributed by atoms with Gasteiger partial charge in [0.25, 0.3) is 0 Å². The summed E-state index contributed by atoms with van der Waals surface area (Å²) in [6.45, 7) is 5.38. The third kappa shape index (κ3) is 4.52. The van der Waals surface area contributed by atoms with Crippen LogP contribution in [-0.2, 0) is 4.74 Å². The van der Waals surface area contributed by atoms with Crippen LogP contribution in [0.4, 0.5) is 0 Å². The predicted octanol–water partition coefficient (Wildman–Crippen LogP) is 2.97. The van der Waals surface area contributed by atoms with Gasteiger partial charge < -0.3 is 10.1 Å². The van der Waals surface area contributed by atoms with Crippen molar-refractivity contribution >= 4 is 0 Å². The fourth-order valence-electron chi connectivity index (χ4n) is 2.62. The van der Waals surface area contributed by atoms with Gasteiger partial charge in [0.2, 0.25) is 0 Å². The quantitative estimate of drug-likeness (QED) is 0.656. The fourth-order valence-corrected chi connectivity index (χ4v) is 2.62. The first-order valence-corrected chi connectivity index (χ1v) is 6.55. The molecule has 1 aliphatic rings. The van der Waals surface area contributed by atoms with Crippen LogP contribution in [0.5, 0.6) is 0 Å². The third-order valence-corrected chi connectivity index (χ3v) is 3.67. The lowest BCUT2D eigenvalue weighted by Crippen LogP contribution is -2.38. The van der Waals surface area contributed by atoms with Crippen molar-refractivity contribution in [3.63, 3.8) is 0 Å². The molecule has 15 heavy (non-hydrogen) atoms. The normalized spacial score (nSPS) is 20.4. The summed E-state index contributed by atoms with van der Waals surface area (Å²) >= 11 is 0. The first kappa shape index (κ1) is 13.0. The summed E-state index contributed by atoms with van der Waals surface area (Å²) in [6, 6.07) is 0. The Morgan fingerprint density at radius 2 is 1.87 bits per heavy atom. The lowest BCUT2D eigenvalue weighted by atomic mass is 9.76. The minimum atomic E-state index is 0.542. The van der Waals surface area contributed by atoms with Crippen LogP contribution in [0, 0.1) is 5.41 Å². The van der Waals surface area contributed by atoms with E-state index in [1.54, 1.807) is 0 Å². The summed E-state index contributed by atoms with van der Waals surface area (Å²) in [5.41, 5.74) is 0.542. The summed E-state index contributed by atoms with van der Waals surface area (Å²) < 4.78 is 5.47. The second-order valence-corrected chi connectivity index (χ2v) is 4.95. The number of rotatable bonds is 7. The highest BCUT2D eigenvalue weighted by Crippen LogP contribution is 2.35. The molecule has 1 fully saturated rings. The van der Waals surface area contributed by atoms with Gasteiger partial charge in [-0.3, -0.25) is 0 Å². The predicted molar refractivity (Wildman–Crippen MR) is 65.2 cm³/mol. The van der Waals surface area contributed by atoms with Crippen molar-refractivity contribution in [1.29, 1.82) is 0 Å². The molecule has 1 heterocycles. The van der Waals surface area contributed by atoms with Crippen LogP contribution < -0.4 is 5.32 Å². The molecule has 0 aromatic rings. The lowest BCUT2D eigenvalue weighted by molar-refractivity contribution is 0.0101. The van der Waals surface area contributed by atoms with Gasteiger partial charge in [-0.1, -0.05) is 32.6 Å². The summed E-state index contributed by atoms with van der Waals surface area (Å²) in [6.07, 6.45) is 9.42. The van der Waals surface area contributed by atoms with Crippen LogP contribution in [0.3, 0.4) is 0 Å². The highest BCUT2D eigenvalue weighted by Gasteiger charge is 2.30. The molecule has 0 atom stereocenters. The number of hydrogen-bond donors (Lipinski definition) is 1. The van der Waals surface area contributed by atoms with E-state index in [4.69, 9.17) is 4.74 Å². The molecule has 2 heteroatoms. The molecule has 2 nitrogen and oxygen atoms in total. The summed E-state index contributed by atoms with van der Waals surface area (Å²) in [5, 5.41) is 3.36. The molecular weight excluding hydrogens is 186 g/mol. The van der Waals surface area contributed by atoms with Gasteiger partial charge in [0.05, 0.1) is 0 Å². The minimum Gasteiger partial charge on any atom is -0.381 e. The molecular formula is C13H27NO. The monoisotopic (exact) mass is 213 g/mol. The Labute approximate surface area is 94.8 Å². The molecule has 1 aliphatic heterocycles. The van der Waals surface area contributed by atoms with Crippen molar-refractivity contribution in [2.24, 2.45) is 5.41 Å². The van der Waals surface area contributed by atoms with Gasteiger partial charge in [-0.25, -0.2) is 0 Å². The zero-order valence-corrected chi connectivity index (χ0v) is 10.5. The topological polar surface area (TPSA) is 21.3 Å². The lowest BCUT2D eigenvalue weighted by Gasteiger charge is -2.37. The molecule has 90 valence electrons. The van der Waals surface area contributed by atoms with Crippen molar-refractivity contribution in [2.75, 3.05) is 26.8 Å². The van der Waals surface area contributed by atoms with Gasteiger partial charge in [-0.2, -0.15) is 0 Å². The van der Waals surface area contributed by atoms with E-state index in [2.05, 4.69) is 19.3 Å². The first-order valence-electron chi connectivity index (χ1n) is 6.55. The van der Waals surface area contributed by atoms with E-state index < -0.39 is 0 Å². The molecule has 0 saturated carbocycles. The number of nitrogens with one attached hydrogen (secondary N) is 1. The minimum absolute atomic E-state index is 0.542. The maximum Gasteiger partial charge on any atom is 0.0471 e. The molecule has 0 bridgehead atoms. The van der Waals surface area contributed by atoms with Gasteiger partial charge >= 0.3 is 0 Å². The number of ether oxygens (including phenoxy) is 1. The summed E-state index contributed by atoms with van der Waals surface area (Å²) in [7, 11) is 2.07. The highest BCUT2D eigenvalue weighted by molar-refractivity contribution is 4.83. The van der Waals surface area contributed by atoms with E-state index in [0.717, 1.165) is 13.2 Å². The zero-order chi connectivity index (χ0) is 11.0. The average Bonchev–Trinajstić information content (AvgIpc) is 2.26. The molecule has 0 radical (unpaired) electrons. The van der Waals surface area contributed by atoms with Crippen LogP contribution in [0.15, 0.2) is 0 Å². The van der Waals surface area contributed by atoms with Gasteiger partial charge in [-0.15, -0.1) is 0 Å². The van der Waals surface area contributed by atoms with Gasteiger partial charge in [0.1, 0.15) is 0 Å². The molecule has 0 aromatic heterocycles. The Hall–Kier alpha value is -0.0800. The molecule has 0 aromatic carbocycles.